The fourth-order valence-corrected chi connectivity index (χ4v) is 2.35. The Balaban J connectivity index is 2.50. The molecule has 1 atom stereocenters. The molecule has 0 bridgehead atoms. The number of piperazine rings is 1. The van der Waals surface area contributed by atoms with E-state index < -0.39 is 0 Å². The van der Waals surface area contributed by atoms with Crippen LogP contribution >= 0.6 is 0 Å². The molecule has 4 heteroatoms. The van der Waals surface area contributed by atoms with Crippen molar-refractivity contribution in [2.24, 2.45) is 17.6 Å². The van der Waals surface area contributed by atoms with Crippen molar-refractivity contribution in [1.82, 2.24) is 9.80 Å². The quantitative estimate of drug-likeness (QED) is 0.791. The molecule has 1 amide bonds. The second kappa shape index (κ2) is 6.36. The number of carbonyl (C=O) groups is 1. The lowest BCUT2D eigenvalue weighted by molar-refractivity contribution is -0.138. The Morgan fingerprint density at radius 1 is 1.12 bits per heavy atom. The molecule has 0 saturated carbocycles. The largest absolute Gasteiger partial charge is 0.340 e. The number of nitrogens with two attached hydrogens (primary N) is 1. The molecule has 1 fully saturated rings. The SMILES string of the molecule is CC(C)C(CN)C(=O)N1CCN(C(C)C)CC1. The summed E-state index contributed by atoms with van der Waals surface area (Å²) in [5.41, 5.74) is 5.70. The van der Waals surface area contributed by atoms with Gasteiger partial charge in [-0.15, -0.1) is 0 Å². The van der Waals surface area contributed by atoms with E-state index in [0.717, 1.165) is 26.2 Å². The summed E-state index contributed by atoms with van der Waals surface area (Å²) in [6, 6.07) is 0.572. The van der Waals surface area contributed by atoms with Crippen LogP contribution in [0, 0.1) is 11.8 Å². The molecule has 1 aliphatic rings. The molecule has 1 saturated heterocycles. The number of carbonyl (C=O) groups excluding carboxylic acids is 1. The van der Waals surface area contributed by atoms with Crippen LogP contribution in [0.15, 0.2) is 0 Å². The van der Waals surface area contributed by atoms with Crippen molar-refractivity contribution in [1.29, 1.82) is 0 Å². The number of amides is 1. The molecule has 0 aromatic heterocycles. The van der Waals surface area contributed by atoms with Gasteiger partial charge in [0, 0.05) is 38.8 Å². The van der Waals surface area contributed by atoms with Gasteiger partial charge < -0.3 is 10.6 Å². The topological polar surface area (TPSA) is 49.6 Å². The van der Waals surface area contributed by atoms with Crippen LogP contribution in [-0.4, -0.2) is 54.5 Å². The molecular formula is C13H27N3O. The van der Waals surface area contributed by atoms with Crippen molar-refractivity contribution in [3.8, 4) is 0 Å². The van der Waals surface area contributed by atoms with Crippen molar-refractivity contribution in [2.45, 2.75) is 33.7 Å². The van der Waals surface area contributed by atoms with E-state index in [9.17, 15) is 4.79 Å². The number of rotatable bonds is 4. The monoisotopic (exact) mass is 241 g/mol. The molecule has 0 spiro atoms. The second-order valence-corrected chi connectivity index (χ2v) is 5.54. The third-order valence-electron chi connectivity index (χ3n) is 3.73. The van der Waals surface area contributed by atoms with Crippen LogP contribution in [0.5, 0.6) is 0 Å². The van der Waals surface area contributed by atoms with Gasteiger partial charge in [-0.1, -0.05) is 13.8 Å². The van der Waals surface area contributed by atoms with E-state index in [2.05, 4.69) is 32.6 Å². The summed E-state index contributed by atoms with van der Waals surface area (Å²) < 4.78 is 0. The van der Waals surface area contributed by atoms with Crippen molar-refractivity contribution in [3.63, 3.8) is 0 Å². The van der Waals surface area contributed by atoms with Crippen LogP contribution in [0.3, 0.4) is 0 Å². The Kier molecular flexibility index (Phi) is 5.40. The Labute approximate surface area is 105 Å². The Bertz CT molecular complexity index is 245. The highest BCUT2D eigenvalue weighted by Crippen LogP contribution is 2.15. The van der Waals surface area contributed by atoms with Crippen LogP contribution in [-0.2, 0) is 4.79 Å². The Morgan fingerprint density at radius 2 is 1.65 bits per heavy atom. The Hall–Kier alpha value is -0.610. The summed E-state index contributed by atoms with van der Waals surface area (Å²) in [7, 11) is 0. The fraction of sp³-hybridized carbons (Fsp3) is 0.923. The third-order valence-corrected chi connectivity index (χ3v) is 3.73. The molecule has 0 aromatic carbocycles. The van der Waals surface area contributed by atoms with Gasteiger partial charge in [0.15, 0.2) is 0 Å². The maximum Gasteiger partial charge on any atom is 0.227 e. The normalized spacial score (nSPS) is 20.1. The summed E-state index contributed by atoms with van der Waals surface area (Å²) in [5, 5.41) is 0. The third kappa shape index (κ3) is 3.68. The minimum Gasteiger partial charge on any atom is -0.340 e. The summed E-state index contributed by atoms with van der Waals surface area (Å²) in [4.78, 5) is 16.7. The van der Waals surface area contributed by atoms with Gasteiger partial charge in [-0.2, -0.15) is 0 Å². The molecule has 0 radical (unpaired) electrons. The fourth-order valence-electron chi connectivity index (χ4n) is 2.35. The minimum absolute atomic E-state index is 0.0133. The number of hydrogen-bond acceptors (Lipinski definition) is 3. The average molecular weight is 241 g/mol. The molecule has 17 heavy (non-hydrogen) atoms. The van der Waals surface area contributed by atoms with Crippen LogP contribution in [0.25, 0.3) is 0 Å². The average Bonchev–Trinajstić information content (AvgIpc) is 2.29. The van der Waals surface area contributed by atoms with Gasteiger partial charge in [0.2, 0.25) is 5.91 Å². The predicted molar refractivity (Wildman–Crippen MR) is 70.7 cm³/mol. The van der Waals surface area contributed by atoms with Crippen molar-refractivity contribution < 1.29 is 4.79 Å². The van der Waals surface area contributed by atoms with E-state index in [-0.39, 0.29) is 11.8 Å². The lowest BCUT2D eigenvalue weighted by Gasteiger charge is -2.38. The highest BCUT2D eigenvalue weighted by atomic mass is 16.2. The molecule has 2 N–H and O–H groups in total. The first kappa shape index (κ1) is 14.5. The molecule has 1 heterocycles. The number of hydrogen-bond donors (Lipinski definition) is 1. The molecule has 0 aliphatic carbocycles. The highest BCUT2D eigenvalue weighted by Gasteiger charge is 2.28. The lowest BCUT2D eigenvalue weighted by atomic mass is 9.94. The van der Waals surface area contributed by atoms with Gasteiger partial charge in [0.05, 0.1) is 5.92 Å². The van der Waals surface area contributed by atoms with E-state index >= 15 is 0 Å². The first-order valence-corrected chi connectivity index (χ1v) is 6.70. The predicted octanol–water partition coefficient (Wildman–Crippen LogP) is 0.770. The molecular weight excluding hydrogens is 214 g/mol. The van der Waals surface area contributed by atoms with Crippen LogP contribution in [0.1, 0.15) is 27.7 Å². The second-order valence-electron chi connectivity index (χ2n) is 5.54. The van der Waals surface area contributed by atoms with Crippen LogP contribution in [0.4, 0.5) is 0 Å². The standard InChI is InChI=1S/C13H27N3O/c1-10(2)12(9-14)13(17)16-7-5-15(6-8-16)11(3)4/h10-12H,5-9,14H2,1-4H3. The minimum atomic E-state index is -0.0133. The van der Waals surface area contributed by atoms with Gasteiger partial charge in [-0.3, -0.25) is 9.69 Å². The van der Waals surface area contributed by atoms with Crippen LogP contribution < -0.4 is 5.73 Å². The van der Waals surface area contributed by atoms with Gasteiger partial charge in [0.1, 0.15) is 0 Å². The lowest BCUT2D eigenvalue weighted by Crippen LogP contribution is -2.53. The molecule has 100 valence electrons. The van der Waals surface area contributed by atoms with E-state index in [4.69, 9.17) is 5.73 Å². The molecule has 4 nitrogen and oxygen atoms in total. The zero-order valence-electron chi connectivity index (χ0n) is 11.6. The molecule has 1 unspecified atom stereocenters. The zero-order chi connectivity index (χ0) is 13.0. The maximum atomic E-state index is 12.3. The van der Waals surface area contributed by atoms with E-state index in [1.165, 1.54) is 0 Å². The first-order chi connectivity index (χ1) is 7.97. The number of nitrogens with zero attached hydrogens (tertiary/aromatic N) is 2. The van der Waals surface area contributed by atoms with Crippen molar-refractivity contribution in [2.75, 3.05) is 32.7 Å². The molecule has 1 aliphatic heterocycles. The van der Waals surface area contributed by atoms with Crippen LogP contribution in [0.2, 0.25) is 0 Å². The summed E-state index contributed by atoms with van der Waals surface area (Å²) in [6.45, 7) is 12.7. The maximum absolute atomic E-state index is 12.3. The first-order valence-electron chi connectivity index (χ1n) is 6.70. The Morgan fingerprint density at radius 3 is 2.00 bits per heavy atom. The van der Waals surface area contributed by atoms with E-state index in [1.54, 1.807) is 0 Å². The van der Waals surface area contributed by atoms with E-state index in [1.807, 2.05) is 4.90 Å². The van der Waals surface area contributed by atoms with Crippen molar-refractivity contribution >= 4 is 5.91 Å². The summed E-state index contributed by atoms with van der Waals surface area (Å²) in [6.07, 6.45) is 0. The van der Waals surface area contributed by atoms with Gasteiger partial charge in [-0.25, -0.2) is 0 Å². The van der Waals surface area contributed by atoms with E-state index in [0.29, 0.717) is 18.5 Å². The van der Waals surface area contributed by atoms with Gasteiger partial charge in [-0.05, 0) is 19.8 Å². The summed E-state index contributed by atoms with van der Waals surface area (Å²) >= 11 is 0. The smallest absolute Gasteiger partial charge is 0.227 e. The van der Waals surface area contributed by atoms with Crippen molar-refractivity contribution in [3.05, 3.63) is 0 Å². The van der Waals surface area contributed by atoms with Gasteiger partial charge in [0.25, 0.3) is 0 Å². The molecule has 0 aromatic rings. The molecule has 1 rings (SSSR count). The zero-order valence-corrected chi connectivity index (χ0v) is 11.6. The highest BCUT2D eigenvalue weighted by molar-refractivity contribution is 5.79. The summed E-state index contributed by atoms with van der Waals surface area (Å²) in [5.74, 6) is 0.558. The van der Waals surface area contributed by atoms with Gasteiger partial charge >= 0.3 is 0 Å².